The number of rotatable bonds is 3. The predicted molar refractivity (Wildman–Crippen MR) is 87.8 cm³/mol. The van der Waals surface area contributed by atoms with E-state index in [0.717, 1.165) is 27.7 Å². The Hall–Kier alpha value is -2.82. The van der Waals surface area contributed by atoms with Gasteiger partial charge in [0.1, 0.15) is 0 Å². The molecule has 0 aliphatic heterocycles. The van der Waals surface area contributed by atoms with Crippen molar-refractivity contribution in [2.45, 2.75) is 13.5 Å². The molecule has 3 aromatic rings. The van der Waals surface area contributed by atoms with Gasteiger partial charge in [-0.15, -0.1) is 0 Å². The first-order chi connectivity index (χ1) is 10.6. The highest BCUT2D eigenvalue weighted by Gasteiger charge is 2.07. The fourth-order valence-corrected chi connectivity index (χ4v) is 2.39. The van der Waals surface area contributed by atoms with E-state index < -0.39 is 0 Å². The number of hydrogen-bond acceptors (Lipinski definition) is 2. The van der Waals surface area contributed by atoms with Gasteiger partial charge in [0.05, 0.1) is 11.9 Å². The van der Waals surface area contributed by atoms with Crippen molar-refractivity contribution in [3.05, 3.63) is 59.9 Å². The molecule has 5 heteroatoms. The quantitative estimate of drug-likeness (QED) is 0.779. The molecule has 0 fully saturated rings. The van der Waals surface area contributed by atoms with Crippen LogP contribution in [0, 0.1) is 6.92 Å². The minimum absolute atomic E-state index is 0.223. The minimum atomic E-state index is -0.223. The molecule has 0 saturated heterocycles. The topological polar surface area (TPSA) is 59.0 Å². The lowest BCUT2D eigenvalue weighted by Gasteiger charge is -2.10. The van der Waals surface area contributed by atoms with Crippen LogP contribution in [-0.2, 0) is 13.6 Å². The molecule has 3 rings (SSSR count). The summed E-state index contributed by atoms with van der Waals surface area (Å²) in [5.74, 6) is 0. The van der Waals surface area contributed by atoms with E-state index in [9.17, 15) is 4.79 Å². The summed E-state index contributed by atoms with van der Waals surface area (Å²) in [6.07, 6.45) is 1.77. The second-order valence-electron chi connectivity index (χ2n) is 5.21. The molecule has 1 heterocycles. The second kappa shape index (κ2) is 5.89. The van der Waals surface area contributed by atoms with Gasteiger partial charge in [-0.1, -0.05) is 36.4 Å². The van der Waals surface area contributed by atoms with Gasteiger partial charge in [0.25, 0.3) is 0 Å². The fraction of sp³-hybridized carbons (Fsp3) is 0.176. The van der Waals surface area contributed by atoms with Crippen LogP contribution in [0.3, 0.4) is 0 Å². The maximum absolute atomic E-state index is 12.1. The summed E-state index contributed by atoms with van der Waals surface area (Å²) in [7, 11) is 1.88. The summed E-state index contributed by atoms with van der Waals surface area (Å²) < 4.78 is 1.79. The summed E-state index contributed by atoms with van der Waals surface area (Å²) in [6.45, 7) is 2.43. The van der Waals surface area contributed by atoms with Gasteiger partial charge in [-0.2, -0.15) is 5.10 Å². The van der Waals surface area contributed by atoms with E-state index in [0.29, 0.717) is 6.54 Å². The van der Waals surface area contributed by atoms with E-state index in [1.807, 2.05) is 56.4 Å². The number of benzene rings is 2. The number of nitrogens with zero attached hydrogens (tertiary/aromatic N) is 2. The molecule has 0 saturated carbocycles. The maximum atomic E-state index is 12.1. The van der Waals surface area contributed by atoms with Crippen LogP contribution in [0.5, 0.6) is 0 Å². The van der Waals surface area contributed by atoms with Crippen molar-refractivity contribution in [2.24, 2.45) is 7.05 Å². The Morgan fingerprint density at radius 2 is 1.95 bits per heavy atom. The van der Waals surface area contributed by atoms with Crippen LogP contribution in [0.2, 0.25) is 0 Å². The average molecular weight is 294 g/mol. The Morgan fingerprint density at radius 3 is 2.73 bits per heavy atom. The first-order valence-corrected chi connectivity index (χ1v) is 7.15. The van der Waals surface area contributed by atoms with E-state index in [4.69, 9.17) is 0 Å². The number of anilines is 1. The molecule has 0 bridgehead atoms. The molecule has 2 amide bonds. The summed E-state index contributed by atoms with van der Waals surface area (Å²) in [6, 6.07) is 13.6. The van der Waals surface area contributed by atoms with Crippen LogP contribution >= 0.6 is 0 Å². The number of aryl methyl sites for hydroxylation is 1. The van der Waals surface area contributed by atoms with Crippen LogP contribution in [-0.4, -0.2) is 15.8 Å². The van der Waals surface area contributed by atoms with Crippen molar-refractivity contribution in [1.29, 1.82) is 0 Å². The summed E-state index contributed by atoms with van der Waals surface area (Å²) >= 11 is 0. The molecule has 0 aliphatic carbocycles. The fourth-order valence-electron chi connectivity index (χ4n) is 2.39. The zero-order valence-corrected chi connectivity index (χ0v) is 12.6. The molecule has 2 aromatic carbocycles. The normalized spacial score (nSPS) is 10.6. The third kappa shape index (κ3) is 2.79. The number of hydrogen-bond donors (Lipinski definition) is 2. The van der Waals surface area contributed by atoms with Gasteiger partial charge in [-0.25, -0.2) is 4.79 Å². The minimum Gasteiger partial charge on any atom is -0.334 e. The summed E-state index contributed by atoms with van der Waals surface area (Å²) in [4.78, 5) is 12.1. The number of carbonyl (C=O) groups is 1. The molecule has 0 radical (unpaired) electrons. The zero-order chi connectivity index (χ0) is 15.5. The largest absolute Gasteiger partial charge is 0.334 e. The van der Waals surface area contributed by atoms with Crippen LogP contribution in [0.1, 0.15) is 11.3 Å². The van der Waals surface area contributed by atoms with Crippen molar-refractivity contribution in [1.82, 2.24) is 15.1 Å². The Balaban J connectivity index is 1.70. The molecule has 0 unspecified atom stereocenters. The van der Waals surface area contributed by atoms with Crippen LogP contribution in [0.15, 0.2) is 48.7 Å². The molecule has 22 heavy (non-hydrogen) atoms. The van der Waals surface area contributed by atoms with E-state index in [1.54, 1.807) is 10.9 Å². The highest BCUT2D eigenvalue weighted by molar-refractivity contribution is 6.01. The smallest absolute Gasteiger partial charge is 0.319 e. The van der Waals surface area contributed by atoms with Gasteiger partial charge in [0.2, 0.25) is 0 Å². The second-order valence-corrected chi connectivity index (χ2v) is 5.21. The molecule has 0 spiro atoms. The van der Waals surface area contributed by atoms with E-state index >= 15 is 0 Å². The Kier molecular flexibility index (Phi) is 3.78. The molecule has 0 atom stereocenters. The van der Waals surface area contributed by atoms with Crippen molar-refractivity contribution in [3.63, 3.8) is 0 Å². The standard InChI is InChI=1S/C17H18N4O/c1-12-14(11-19-21(12)2)10-18-17(22)20-16-9-5-7-13-6-3-4-8-15(13)16/h3-9,11H,10H2,1-2H3,(H2,18,20,22). The SMILES string of the molecule is Cc1c(CNC(=O)Nc2cccc3ccccc23)cnn1C. The van der Waals surface area contributed by atoms with Gasteiger partial charge < -0.3 is 10.6 Å². The number of amides is 2. The molecule has 112 valence electrons. The highest BCUT2D eigenvalue weighted by Crippen LogP contribution is 2.22. The summed E-state index contributed by atoms with van der Waals surface area (Å²) in [5, 5.41) is 12.1. The average Bonchev–Trinajstić information content (AvgIpc) is 2.85. The van der Waals surface area contributed by atoms with Gasteiger partial charge >= 0.3 is 6.03 Å². The molecular formula is C17H18N4O. The lowest BCUT2D eigenvalue weighted by molar-refractivity contribution is 0.252. The van der Waals surface area contributed by atoms with E-state index in [2.05, 4.69) is 15.7 Å². The van der Waals surface area contributed by atoms with Gasteiger partial charge in [0.15, 0.2) is 0 Å². The van der Waals surface area contributed by atoms with Crippen molar-refractivity contribution in [3.8, 4) is 0 Å². The predicted octanol–water partition coefficient (Wildman–Crippen LogP) is 3.20. The zero-order valence-electron chi connectivity index (χ0n) is 12.6. The molecule has 1 aromatic heterocycles. The summed E-state index contributed by atoms with van der Waals surface area (Å²) in [5.41, 5.74) is 2.86. The van der Waals surface area contributed by atoms with Crippen molar-refractivity contribution < 1.29 is 4.79 Å². The molecular weight excluding hydrogens is 276 g/mol. The first kappa shape index (κ1) is 14.1. The van der Waals surface area contributed by atoms with E-state index in [1.165, 1.54) is 0 Å². The number of carbonyl (C=O) groups excluding carboxylic acids is 1. The van der Waals surface area contributed by atoms with Gasteiger partial charge in [-0.05, 0) is 18.4 Å². The van der Waals surface area contributed by atoms with Crippen LogP contribution in [0.4, 0.5) is 10.5 Å². The molecule has 5 nitrogen and oxygen atoms in total. The maximum Gasteiger partial charge on any atom is 0.319 e. The molecule has 0 aliphatic rings. The lowest BCUT2D eigenvalue weighted by Crippen LogP contribution is -2.28. The first-order valence-electron chi connectivity index (χ1n) is 7.15. The highest BCUT2D eigenvalue weighted by atomic mass is 16.2. The van der Waals surface area contributed by atoms with Crippen LogP contribution < -0.4 is 10.6 Å². The Bertz CT molecular complexity index is 817. The number of nitrogens with one attached hydrogen (secondary N) is 2. The number of urea groups is 1. The van der Waals surface area contributed by atoms with Crippen LogP contribution in [0.25, 0.3) is 10.8 Å². The lowest BCUT2D eigenvalue weighted by atomic mass is 10.1. The van der Waals surface area contributed by atoms with Gasteiger partial charge in [0, 0.05) is 30.2 Å². The van der Waals surface area contributed by atoms with Crippen molar-refractivity contribution >= 4 is 22.5 Å². The molecule has 2 N–H and O–H groups in total. The number of aromatic nitrogens is 2. The Labute approximate surface area is 128 Å². The Morgan fingerprint density at radius 1 is 1.18 bits per heavy atom. The third-order valence-corrected chi connectivity index (χ3v) is 3.81. The monoisotopic (exact) mass is 294 g/mol. The van der Waals surface area contributed by atoms with Crippen molar-refractivity contribution in [2.75, 3.05) is 5.32 Å². The van der Waals surface area contributed by atoms with Gasteiger partial charge in [-0.3, -0.25) is 4.68 Å². The third-order valence-electron chi connectivity index (χ3n) is 3.81. The number of fused-ring (bicyclic) bond motifs is 1. The van der Waals surface area contributed by atoms with E-state index in [-0.39, 0.29) is 6.03 Å².